The molecule has 1 N–H and O–H groups in total. The second-order valence-electron chi connectivity index (χ2n) is 8.52. The normalized spacial score (nSPS) is 18.5. The zero-order valence-corrected chi connectivity index (χ0v) is 16.5. The van der Waals surface area contributed by atoms with E-state index in [2.05, 4.69) is 45.1 Å². The zero-order chi connectivity index (χ0) is 18.8. The molecule has 1 aliphatic carbocycles. The van der Waals surface area contributed by atoms with Crippen LogP contribution < -0.4 is 5.32 Å². The molecule has 2 aliphatic rings. The Balaban J connectivity index is 1.62. The Kier molecular flexibility index (Phi) is 5.69. The highest BCUT2D eigenvalue weighted by Gasteiger charge is 2.36. The third-order valence-electron chi connectivity index (χ3n) is 5.73. The van der Waals surface area contributed by atoms with Gasteiger partial charge in [-0.15, -0.1) is 0 Å². The van der Waals surface area contributed by atoms with Crippen molar-refractivity contribution in [3.8, 4) is 0 Å². The first kappa shape index (κ1) is 18.9. The van der Waals surface area contributed by atoms with Crippen LogP contribution in [0.3, 0.4) is 0 Å². The van der Waals surface area contributed by atoms with Crippen molar-refractivity contribution in [1.82, 2.24) is 4.90 Å². The summed E-state index contributed by atoms with van der Waals surface area (Å²) in [5, 5.41) is 3.16. The fourth-order valence-corrected chi connectivity index (χ4v) is 3.72. The second-order valence-corrected chi connectivity index (χ2v) is 8.52. The van der Waals surface area contributed by atoms with Gasteiger partial charge in [-0.3, -0.25) is 9.59 Å². The molecule has 3 rings (SSSR count). The minimum atomic E-state index is 0.00282. The molecule has 1 aromatic carbocycles. The maximum Gasteiger partial charge on any atom is 0.227 e. The minimum absolute atomic E-state index is 0.00282. The molecule has 0 radical (unpaired) electrons. The van der Waals surface area contributed by atoms with E-state index in [-0.39, 0.29) is 17.7 Å². The Morgan fingerprint density at radius 2 is 1.62 bits per heavy atom. The Morgan fingerprint density at radius 3 is 2.15 bits per heavy atom. The van der Waals surface area contributed by atoms with E-state index >= 15 is 0 Å². The van der Waals surface area contributed by atoms with Gasteiger partial charge in [0.1, 0.15) is 0 Å². The average Bonchev–Trinajstić information content (AvgIpc) is 3.46. The molecule has 1 saturated heterocycles. The molecule has 4 heteroatoms. The average molecular weight is 357 g/mol. The number of anilines is 1. The number of nitrogens with one attached hydrogen (secondary N) is 1. The summed E-state index contributed by atoms with van der Waals surface area (Å²) in [6, 6.07) is 6.39. The van der Waals surface area contributed by atoms with E-state index in [1.54, 1.807) is 0 Å². The number of likely N-dealkylation sites (tertiary alicyclic amines) is 1. The number of nitrogens with zero attached hydrogens (tertiary/aromatic N) is 1. The Morgan fingerprint density at radius 1 is 0.962 bits per heavy atom. The summed E-state index contributed by atoms with van der Waals surface area (Å²) >= 11 is 0. The molecule has 1 aliphatic heterocycles. The van der Waals surface area contributed by atoms with Crippen LogP contribution >= 0.6 is 0 Å². The van der Waals surface area contributed by atoms with Crippen LogP contribution in [0.4, 0.5) is 5.69 Å². The minimum Gasteiger partial charge on any atom is -0.342 e. The predicted molar refractivity (Wildman–Crippen MR) is 105 cm³/mol. The lowest BCUT2D eigenvalue weighted by Gasteiger charge is -2.31. The van der Waals surface area contributed by atoms with Gasteiger partial charge in [0, 0.05) is 30.6 Å². The van der Waals surface area contributed by atoms with Crippen molar-refractivity contribution in [3.63, 3.8) is 0 Å². The van der Waals surface area contributed by atoms with E-state index in [0.29, 0.717) is 17.7 Å². The van der Waals surface area contributed by atoms with E-state index in [9.17, 15) is 9.59 Å². The molecule has 2 amide bonds. The van der Waals surface area contributed by atoms with E-state index < -0.39 is 0 Å². The molecule has 0 spiro atoms. The Labute approximate surface area is 157 Å². The van der Waals surface area contributed by atoms with Gasteiger partial charge in [0.15, 0.2) is 0 Å². The molecule has 26 heavy (non-hydrogen) atoms. The Bertz CT molecular complexity index is 669. The van der Waals surface area contributed by atoms with Crippen molar-refractivity contribution < 1.29 is 9.59 Å². The van der Waals surface area contributed by atoms with Crippen LogP contribution in [0.15, 0.2) is 18.2 Å². The topological polar surface area (TPSA) is 49.4 Å². The molecule has 0 aromatic heterocycles. The SMILES string of the molecule is CC(C)c1ccc(NC(=O)C2CCN(C(=O)C3CC3)CC2)c(C(C)C)c1. The summed E-state index contributed by atoms with van der Waals surface area (Å²) in [6.07, 6.45) is 3.63. The zero-order valence-electron chi connectivity index (χ0n) is 16.5. The fourth-order valence-electron chi connectivity index (χ4n) is 3.72. The Hall–Kier alpha value is -1.84. The lowest BCUT2D eigenvalue weighted by molar-refractivity contribution is -0.135. The number of benzene rings is 1. The third-order valence-corrected chi connectivity index (χ3v) is 5.73. The molecule has 1 aromatic rings. The van der Waals surface area contributed by atoms with Crippen molar-refractivity contribution in [2.45, 2.75) is 65.2 Å². The summed E-state index contributed by atoms with van der Waals surface area (Å²) < 4.78 is 0. The number of carbonyl (C=O) groups is 2. The van der Waals surface area contributed by atoms with Crippen molar-refractivity contribution in [2.24, 2.45) is 11.8 Å². The summed E-state index contributed by atoms with van der Waals surface area (Å²) in [5.74, 6) is 1.52. The first-order valence-electron chi connectivity index (χ1n) is 10.1. The number of hydrogen-bond donors (Lipinski definition) is 1. The van der Waals surface area contributed by atoms with Gasteiger partial charge < -0.3 is 10.2 Å². The van der Waals surface area contributed by atoms with Gasteiger partial charge in [-0.1, -0.05) is 39.8 Å². The number of piperidine rings is 1. The van der Waals surface area contributed by atoms with E-state index in [0.717, 1.165) is 44.5 Å². The lowest BCUT2D eigenvalue weighted by Crippen LogP contribution is -2.42. The summed E-state index contributed by atoms with van der Waals surface area (Å²) in [4.78, 5) is 26.9. The molecule has 1 heterocycles. The van der Waals surface area contributed by atoms with Gasteiger partial charge >= 0.3 is 0 Å². The molecule has 4 nitrogen and oxygen atoms in total. The maximum atomic E-state index is 12.8. The van der Waals surface area contributed by atoms with E-state index in [1.807, 2.05) is 11.0 Å². The number of hydrogen-bond acceptors (Lipinski definition) is 2. The predicted octanol–water partition coefficient (Wildman–Crippen LogP) is 4.52. The van der Waals surface area contributed by atoms with Crippen LogP contribution in [0.2, 0.25) is 0 Å². The first-order valence-corrected chi connectivity index (χ1v) is 10.1. The number of rotatable bonds is 5. The third kappa shape index (κ3) is 4.28. The monoisotopic (exact) mass is 356 g/mol. The lowest BCUT2D eigenvalue weighted by atomic mass is 9.92. The molecule has 0 bridgehead atoms. The smallest absolute Gasteiger partial charge is 0.227 e. The molecular formula is C22H32N2O2. The quantitative estimate of drug-likeness (QED) is 0.843. The van der Waals surface area contributed by atoms with E-state index in [1.165, 1.54) is 11.1 Å². The van der Waals surface area contributed by atoms with Crippen molar-refractivity contribution in [3.05, 3.63) is 29.3 Å². The summed E-state index contributed by atoms with van der Waals surface area (Å²) in [7, 11) is 0. The van der Waals surface area contributed by atoms with Crippen molar-refractivity contribution in [2.75, 3.05) is 18.4 Å². The van der Waals surface area contributed by atoms with Crippen molar-refractivity contribution >= 4 is 17.5 Å². The molecule has 142 valence electrons. The van der Waals surface area contributed by atoms with Gasteiger partial charge in [0.05, 0.1) is 0 Å². The highest BCUT2D eigenvalue weighted by atomic mass is 16.2. The van der Waals surface area contributed by atoms with E-state index in [4.69, 9.17) is 0 Å². The van der Waals surface area contributed by atoms with Crippen LogP contribution in [0.1, 0.15) is 76.3 Å². The van der Waals surface area contributed by atoms with Crippen molar-refractivity contribution in [1.29, 1.82) is 0 Å². The summed E-state index contributed by atoms with van der Waals surface area (Å²) in [5.41, 5.74) is 3.44. The molecule has 0 unspecified atom stereocenters. The first-order chi connectivity index (χ1) is 12.4. The van der Waals surface area contributed by atoms with Gasteiger partial charge in [0.2, 0.25) is 11.8 Å². The van der Waals surface area contributed by atoms with Gasteiger partial charge in [-0.2, -0.15) is 0 Å². The second kappa shape index (κ2) is 7.81. The maximum absolute atomic E-state index is 12.8. The molecular weight excluding hydrogens is 324 g/mol. The molecule has 0 atom stereocenters. The van der Waals surface area contributed by atoms with Crippen LogP contribution in [0, 0.1) is 11.8 Å². The molecule has 1 saturated carbocycles. The van der Waals surface area contributed by atoms with Crippen LogP contribution in [-0.2, 0) is 9.59 Å². The molecule has 2 fully saturated rings. The highest BCUT2D eigenvalue weighted by molar-refractivity contribution is 5.93. The van der Waals surface area contributed by atoms with Gasteiger partial charge in [-0.25, -0.2) is 0 Å². The number of carbonyl (C=O) groups excluding carboxylic acids is 2. The highest BCUT2D eigenvalue weighted by Crippen LogP contribution is 2.33. The summed E-state index contributed by atoms with van der Waals surface area (Å²) in [6.45, 7) is 10.1. The number of amides is 2. The van der Waals surface area contributed by atoms with Crippen LogP contribution in [0.25, 0.3) is 0 Å². The van der Waals surface area contributed by atoms with Gasteiger partial charge in [-0.05, 0) is 54.7 Å². The standard InChI is InChI=1S/C22H32N2O2/c1-14(2)18-7-8-20(19(13-18)15(3)4)23-21(25)16-9-11-24(12-10-16)22(26)17-5-6-17/h7-8,13-17H,5-6,9-12H2,1-4H3,(H,23,25). The fraction of sp³-hybridized carbons (Fsp3) is 0.636. The largest absolute Gasteiger partial charge is 0.342 e. The van der Waals surface area contributed by atoms with Crippen LogP contribution in [-0.4, -0.2) is 29.8 Å². The van der Waals surface area contributed by atoms with Gasteiger partial charge in [0.25, 0.3) is 0 Å². The van der Waals surface area contributed by atoms with Crippen LogP contribution in [0.5, 0.6) is 0 Å².